The maximum absolute atomic E-state index is 10.3. The average molecular weight is 302 g/mol. The molecular weight excluding hydrogens is 280 g/mol. The van der Waals surface area contributed by atoms with E-state index < -0.39 is 6.10 Å². The van der Waals surface area contributed by atoms with Crippen LogP contribution in [0, 0.1) is 13.8 Å². The largest absolute Gasteiger partial charge is 0.496 e. The molecule has 4 heteroatoms. The molecule has 118 valence electrons. The summed E-state index contributed by atoms with van der Waals surface area (Å²) in [6.07, 6.45) is -0.714. The number of benzene rings is 2. The van der Waals surface area contributed by atoms with Crippen LogP contribution in [0.3, 0.4) is 0 Å². The minimum absolute atomic E-state index is 0.160. The van der Waals surface area contributed by atoms with E-state index in [0.717, 1.165) is 22.4 Å². The molecule has 0 fully saturated rings. The van der Waals surface area contributed by atoms with E-state index >= 15 is 0 Å². The van der Waals surface area contributed by atoms with Crippen molar-refractivity contribution in [2.75, 3.05) is 20.8 Å². The molecule has 2 rings (SSSR count). The third-order valence-electron chi connectivity index (χ3n) is 3.58. The van der Waals surface area contributed by atoms with Gasteiger partial charge in [-0.15, -0.1) is 0 Å². The summed E-state index contributed by atoms with van der Waals surface area (Å²) in [6.45, 7) is 4.05. The number of ether oxygens (including phenoxy) is 3. The number of rotatable bonds is 6. The Bertz CT molecular complexity index is 637. The van der Waals surface area contributed by atoms with Crippen LogP contribution in [0.4, 0.5) is 0 Å². The first-order chi connectivity index (χ1) is 10.6. The molecule has 0 bridgehead atoms. The lowest BCUT2D eigenvalue weighted by Crippen LogP contribution is -2.11. The Balaban J connectivity index is 2.10. The second kappa shape index (κ2) is 7.18. The summed E-state index contributed by atoms with van der Waals surface area (Å²) in [4.78, 5) is 0. The molecule has 4 nitrogen and oxygen atoms in total. The van der Waals surface area contributed by atoms with Crippen molar-refractivity contribution in [3.05, 3.63) is 53.1 Å². The van der Waals surface area contributed by atoms with Crippen LogP contribution in [-0.4, -0.2) is 25.9 Å². The summed E-state index contributed by atoms with van der Waals surface area (Å²) in [5, 5.41) is 10.3. The summed E-state index contributed by atoms with van der Waals surface area (Å²) >= 11 is 0. The molecule has 0 saturated heterocycles. The lowest BCUT2D eigenvalue weighted by molar-refractivity contribution is 0.106. The highest BCUT2D eigenvalue weighted by atomic mass is 16.5. The van der Waals surface area contributed by atoms with Crippen LogP contribution in [-0.2, 0) is 0 Å². The molecule has 0 aliphatic heterocycles. The zero-order chi connectivity index (χ0) is 16.1. The predicted octanol–water partition coefficient (Wildman–Crippen LogP) is 3.43. The average Bonchev–Trinajstić information content (AvgIpc) is 2.53. The van der Waals surface area contributed by atoms with Gasteiger partial charge in [-0.25, -0.2) is 0 Å². The lowest BCUT2D eigenvalue weighted by atomic mass is 10.1. The quantitative estimate of drug-likeness (QED) is 0.888. The predicted molar refractivity (Wildman–Crippen MR) is 85.9 cm³/mol. The van der Waals surface area contributed by atoms with Gasteiger partial charge in [-0.1, -0.05) is 18.2 Å². The SMILES string of the molecule is COc1ccc(C(O)COc2c(C)cccc2OC)cc1C. The Hall–Kier alpha value is -2.20. The van der Waals surface area contributed by atoms with Gasteiger partial charge in [-0.2, -0.15) is 0 Å². The molecule has 0 aromatic heterocycles. The maximum Gasteiger partial charge on any atom is 0.164 e. The highest BCUT2D eigenvalue weighted by Gasteiger charge is 2.13. The number of hydrogen-bond acceptors (Lipinski definition) is 4. The molecule has 0 aliphatic carbocycles. The molecule has 0 radical (unpaired) electrons. The van der Waals surface area contributed by atoms with Gasteiger partial charge in [0.25, 0.3) is 0 Å². The molecule has 1 unspecified atom stereocenters. The number of methoxy groups -OCH3 is 2. The summed E-state index contributed by atoms with van der Waals surface area (Å²) in [5.74, 6) is 2.13. The highest BCUT2D eigenvalue weighted by Crippen LogP contribution is 2.31. The standard InChI is InChI=1S/C18H22O4/c1-12-6-5-7-17(21-4)18(12)22-11-15(19)14-8-9-16(20-3)13(2)10-14/h5-10,15,19H,11H2,1-4H3. The molecule has 2 aromatic rings. The van der Waals surface area contributed by atoms with Gasteiger partial charge >= 0.3 is 0 Å². The van der Waals surface area contributed by atoms with E-state index in [1.54, 1.807) is 14.2 Å². The van der Waals surface area contributed by atoms with Gasteiger partial charge < -0.3 is 19.3 Å². The zero-order valence-corrected chi connectivity index (χ0v) is 13.4. The van der Waals surface area contributed by atoms with Crippen LogP contribution in [0.15, 0.2) is 36.4 Å². The molecule has 1 N–H and O–H groups in total. The van der Waals surface area contributed by atoms with Gasteiger partial charge in [0.05, 0.1) is 14.2 Å². The number of aliphatic hydroxyl groups is 1. The van der Waals surface area contributed by atoms with Gasteiger partial charge in [0, 0.05) is 0 Å². The van der Waals surface area contributed by atoms with Gasteiger partial charge in [0.15, 0.2) is 11.5 Å². The van der Waals surface area contributed by atoms with E-state index in [0.29, 0.717) is 11.5 Å². The maximum atomic E-state index is 10.3. The first kappa shape index (κ1) is 16.2. The van der Waals surface area contributed by atoms with E-state index in [9.17, 15) is 5.11 Å². The molecule has 22 heavy (non-hydrogen) atoms. The van der Waals surface area contributed by atoms with Crippen molar-refractivity contribution in [3.63, 3.8) is 0 Å². The van der Waals surface area contributed by atoms with Crippen molar-refractivity contribution in [2.24, 2.45) is 0 Å². The number of aryl methyl sites for hydroxylation is 2. The molecule has 0 aliphatic rings. The normalized spacial score (nSPS) is 11.9. The Kier molecular flexibility index (Phi) is 5.28. The molecule has 0 saturated carbocycles. The van der Waals surface area contributed by atoms with Gasteiger partial charge in [-0.05, 0) is 48.7 Å². The van der Waals surface area contributed by atoms with E-state index in [2.05, 4.69) is 0 Å². The first-order valence-electron chi connectivity index (χ1n) is 7.15. The number of aliphatic hydroxyl groups excluding tert-OH is 1. The third kappa shape index (κ3) is 3.52. The second-order valence-electron chi connectivity index (χ2n) is 5.16. The van der Waals surface area contributed by atoms with E-state index in [1.165, 1.54) is 0 Å². The lowest BCUT2D eigenvalue weighted by Gasteiger charge is -2.17. The van der Waals surface area contributed by atoms with Crippen molar-refractivity contribution in [3.8, 4) is 17.2 Å². The Morgan fingerprint density at radius 3 is 2.32 bits per heavy atom. The minimum Gasteiger partial charge on any atom is -0.496 e. The topological polar surface area (TPSA) is 47.9 Å². The van der Waals surface area contributed by atoms with Gasteiger partial charge in [-0.3, -0.25) is 0 Å². The molecular formula is C18H22O4. The number of para-hydroxylation sites is 1. The highest BCUT2D eigenvalue weighted by molar-refractivity contribution is 5.46. The van der Waals surface area contributed by atoms with Crippen LogP contribution in [0.25, 0.3) is 0 Å². The van der Waals surface area contributed by atoms with E-state index in [4.69, 9.17) is 14.2 Å². The van der Waals surface area contributed by atoms with Gasteiger partial charge in [0.2, 0.25) is 0 Å². The van der Waals surface area contributed by atoms with Crippen molar-refractivity contribution in [2.45, 2.75) is 20.0 Å². The summed E-state index contributed by atoms with van der Waals surface area (Å²) in [7, 11) is 3.23. The van der Waals surface area contributed by atoms with Gasteiger partial charge in [0.1, 0.15) is 18.5 Å². The van der Waals surface area contributed by atoms with E-state index in [1.807, 2.05) is 50.2 Å². The smallest absolute Gasteiger partial charge is 0.164 e. The fourth-order valence-electron chi connectivity index (χ4n) is 2.34. The van der Waals surface area contributed by atoms with E-state index in [-0.39, 0.29) is 6.61 Å². The first-order valence-corrected chi connectivity index (χ1v) is 7.15. The monoisotopic (exact) mass is 302 g/mol. The fraction of sp³-hybridized carbons (Fsp3) is 0.333. The second-order valence-corrected chi connectivity index (χ2v) is 5.16. The molecule has 0 heterocycles. The Labute approximate surface area is 131 Å². The molecule has 0 spiro atoms. The van der Waals surface area contributed by atoms with Crippen LogP contribution in [0.5, 0.6) is 17.2 Å². The summed E-state index contributed by atoms with van der Waals surface area (Å²) in [5.41, 5.74) is 2.75. The Morgan fingerprint density at radius 1 is 0.955 bits per heavy atom. The molecule has 1 atom stereocenters. The number of hydrogen-bond donors (Lipinski definition) is 1. The molecule has 0 amide bonds. The minimum atomic E-state index is -0.714. The molecule has 2 aromatic carbocycles. The van der Waals surface area contributed by atoms with Crippen molar-refractivity contribution >= 4 is 0 Å². The van der Waals surface area contributed by atoms with Crippen LogP contribution in [0.1, 0.15) is 22.8 Å². The summed E-state index contributed by atoms with van der Waals surface area (Å²) < 4.78 is 16.3. The Morgan fingerprint density at radius 2 is 1.68 bits per heavy atom. The van der Waals surface area contributed by atoms with Crippen LogP contribution in [0.2, 0.25) is 0 Å². The van der Waals surface area contributed by atoms with Crippen molar-refractivity contribution in [1.29, 1.82) is 0 Å². The van der Waals surface area contributed by atoms with Crippen molar-refractivity contribution in [1.82, 2.24) is 0 Å². The fourth-order valence-corrected chi connectivity index (χ4v) is 2.34. The van der Waals surface area contributed by atoms with Crippen molar-refractivity contribution < 1.29 is 19.3 Å². The van der Waals surface area contributed by atoms with Crippen LogP contribution >= 0.6 is 0 Å². The zero-order valence-electron chi connectivity index (χ0n) is 13.4. The third-order valence-corrected chi connectivity index (χ3v) is 3.58. The van der Waals surface area contributed by atoms with Crippen LogP contribution < -0.4 is 14.2 Å². The summed E-state index contributed by atoms with van der Waals surface area (Å²) in [6, 6.07) is 11.3.